The lowest BCUT2D eigenvalue weighted by molar-refractivity contribution is -0.137. The number of aromatic nitrogens is 3. The molecule has 0 aliphatic rings. The zero-order chi connectivity index (χ0) is 24.5. The minimum atomic E-state index is -4.42. The first-order valence-corrected chi connectivity index (χ1v) is 11.3. The normalized spacial score (nSPS) is 11.9. The van der Waals surface area contributed by atoms with E-state index in [1.54, 1.807) is 32.0 Å². The summed E-state index contributed by atoms with van der Waals surface area (Å²) in [5.41, 5.74) is 1.88. The number of hydrogen-bond donors (Lipinski definition) is 2. The fourth-order valence-corrected chi connectivity index (χ4v) is 4.02. The Balaban J connectivity index is 1.49. The number of aryl methyl sites for hydroxylation is 1. The van der Waals surface area contributed by atoms with Crippen molar-refractivity contribution in [2.75, 3.05) is 10.0 Å². The zero-order valence-electron chi connectivity index (χ0n) is 17.9. The van der Waals surface area contributed by atoms with Crippen LogP contribution in [0.3, 0.4) is 0 Å². The highest BCUT2D eigenvalue weighted by Crippen LogP contribution is 2.31. The Bertz CT molecular complexity index is 1420. The standard InChI is InChI=1S/C22H18F3N5O3S/c1-13-14(2)29-33-21(13)30-34(31,32)18-9-7-17(8-10-18)28-20-11-19(26-12-27-20)15-3-5-16(6-4-15)22(23,24)25/h3-12,30H,1-2H3,(H,26,27,28). The molecule has 8 nitrogen and oxygen atoms in total. The van der Waals surface area contributed by atoms with Crippen LogP contribution in [0.25, 0.3) is 11.3 Å². The Morgan fingerprint density at radius 2 is 1.62 bits per heavy atom. The van der Waals surface area contributed by atoms with Gasteiger partial charge in [0.2, 0.25) is 5.88 Å². The molecule has 0 saturated heterocycles. The Hall–Kier alpha value is -3.93. The summed E-state index contributed by atoms with van der Waals surface area (Å²) in [5.74, 6) is 0.433. The topological polar surface area (TPSA) is 110 Å². The average Bonchev–Trinajstić information content (AvgIpc) is 3.11. The monoisotopic (exact) mass is 489 g/mol. The smallest absolute Gasteiger partial charge is 0.340 e. The van der Waals surface area contributed by atoms with Gasteiger partial charge in [-0.15, -0.1) is 0 Å². The minimum absolute atomic E-state index is 0.0136. The lowest BCUT2D eigenvalue weighted by Gasteiger charge is -2.10. The molecule has 4 aromatic rings. The molecular weight excluding hydrogens is 471 g/mol. The number of hydrogen-bond acceptors (Lipinski definition) is 7. The molecule has 2 aromatic heterocycles. The van der Waals surface area contributed by atoms with E-state index in [4.69, 9.17) is 4.52 Å². The number of anilines is 3. The molecule has 4 rings (SSSR count). The highest BCUT2D eigenvalue weighted by molar-refractivity contribution is 7.92. The van der Waals surface area contributed by atoms with E-state index in [1.165, 1.54) is 30.6 Å². The maximum absolute atomic E-state index is 12.8. The molecule has 0 aliphatic heterocycles. The van der Waals surface area contributed by atoms with Crippen molar-refractivity contribution in [2.24, 2.45) is 0 Å². The van der Waals surface area contributed by atoms with Crippen molar-refractivity contribution in [2.45, 2.75) is 24.9 Å². The SMILES string of the molecule is Cc1noc(NS(=O)(=O)c2ccc(Nc3cc(-c4ccc(C(F)(F)F)cc4)ncn3)cc2)c1C. The fraction of sp³-hybridized carbons (Fsp3) is 0.136. The van der Waals surface area contributed by atoms with Crippen molar-refractivity contribution in [3.05, 3.63) is 77.7 Å². The first kappa shape index (κ1) is 23.2. The third kappa shape index (κ3) is 5.01. The van der Waals surface area contributed by atoms with E-state index in [0.29, 0.717) is 34.0 Å². The zero-order valence-corrected chi connectivity index (χ0v) is 18.7. The third-order valence-electron chi connectivity index (χ3n) is 5.00. The molecule has 2 N–H and O–H groups in total. The minimum Gasteiger partial charge on any atom is -0.340 e. The summed E-state index contributed by atoms with van der Waals surface area (Å²) in [4.78, 5) is 8.22. The summed E-state index contributed by atoms with van der Waals surface area (Å²) in [6.45, 7) is 3.39. The highest BCUT2D eigenvalue weighted by atomic mass is 32.2. The van der Waals surface area contributed by atoms with Crippen molar-refractivity contribution in [1.82, 2.24) is 15.1 Å². The number of benzene rings is 2. The molecule has 0 amide bonds. The summed E-state index contributed by atoms with van der Waals surface area (Å²) in [6.07, 6.45) is -3.14. The van der Waals surface area contributed by atoms with Gasteiger partial charge < -0.3 is 9.84 Å². The Morgan fingerprint density at radius 1 is 0.941 bits per heavy atom. The fourth-order valence-electron chi connectivity index (χ4n) is 2.97. The molecule has 176 valence electrons. The predicted molar refractivity (Wildman–Crippen MR) is 119 cm³/mol. The van der Waals surface area contributed by atoms with E-state index >= 15 is 0 Å². The van der Waals surface area contributed by atoms with Gasteiger partial charge >= 0.3 is 6.18 Å². The highest BCUT2D eigenvalue weighted by Gasteiger charge is 2.30. The van der Waals surface area contributed by atoms with Gasteiger partial charge in [0, 0.05) is 22.9 Å². The molecule has 0 aliphatic carbocycles. The lowest BCUT2D eigenvalue weighted by atomic mass is 10.1. The molecule has 2 heterocycles. The van der Waals surface area contributed by atoms with Crippen LogP contribution < -0.4 is 10.0 Å². The summed E-state index contributed by atoms with van der Waals surface area (Å²) < 4.78 is 70.9. The Morgan fingerprint density at radius 3 is 2.21 bits per heavy atom. The molecule has 0 radical (unpaired) electrons. The van der Waals surface area contributed by atoms with Crippen LogP contribution in [0.4, 0.5) is 30.6 Å². The van der Waals surface area contributed by atoms with E-state index in [9.17, 15) is 21.6 Å². The number of nitrogens with zero attached hydrogens (tertiary/aromatic N) is 3. The Labute approximate surface area is 192 Å². The molecule has 0 atom stereocenters. The van der Waals surface area contributed by atoms with E-state index in [1.807, 2.05) is 0 Å². The van der Waals surface area contributed by atoms with Crippen LogP contribution in [-0.2, 0) is 16.2 Å². The van der Waals surface area contributed by atoms with Crippen molar-refractivity contribution in [1.29, 1.82) is 0 Å². The van der Waals surface area contributed by atoms with E-state index in [2.05, 4.69) is 25.2 Å². The van der Waals surface area contributed by atoms with Crippen molar-refractivity contribution in [3.8, 4) is 11.3 Å². The number of sulfonamides is 1. The average molecular weight is 489 g/mol. The van der Waals surface area contributed by atoms with Crippen molar-refractivity contribution >= 4 is 27.4 Å². The van der Waals surface area contributed by atoms with Gasteiger partial charge in [-0.3, -0.25) is 0 Å². The number of rotatable bonds is 6. The summed E-state index contributed by atoms with van der Waals surface area (Å²) in [6, 6.07) is 12.1. The predicted octanol–water partition coefficient (Wildman–Crippen LogP) is 5.31. The molecule has 0 bridgehead atoms. The first-order valence-electron chi connectivity index (χ1n) is 9.85. The van der Waals surface area contributed by atoms with Gasteiger partial charge in [0.05, 0.1) is 21.8 Å². The molecule has 2 aromatic carbocycles. The van der Waals surface area contributed by atoms with Gasteiger partial charge in [-0.1, -0.05) is 17.3 Å². The van der Waals surface area contributed by atoms with Crippen LogP contribution in [0, 0.1) is 13.8 Å². The largest absolute Gasteiger partial charge is 0.416 e. The molecule has 0 unspecified atom stereocenters. The number of alkyl halides is 3. The van der Waals surface area contributed by atoms with Crippen molar-refractivity contribution in [3.63, 3.8) is 0 Å². The second kappa shape index (κ2) is 8.78. The van der Waals surface area contributed by atoms with Gasteiger partial charge in [-0.05, 0) is 50.2 Å². The van der Waals surface area contributed by atoms with E-state index < -0.39 is 21.8 Å². The van der Waals surface area contributed by atoms with Crippen molar-refractivity contribution < 1.29 is 26.1 Å². The molecule has 0 saturated carbocycles. The van der Waals surface area contributed by atoms with Gasteiger partial charge in [0.25, 0.3) is 10.0 Å². The quantitative estimate of drug-likeness (QED) is 0.378. The number of nitrogens with one attached hydrogen (secondary N) is 2. The summed E-state index contributed by atoms with van der Waals surface area (Å²) in [7, 11) is -3.89. The van der Waals surface area contributed by atoms with E-state index in [0.717, 1.165) is 12.1 Å². The van der Waals surface area contributed by atoms with Crippen LogP contribution in [-0.4, -0.2) is 23.5 Å². The first-order chi connectivity index (χ1) is 16.0. The lowest BCUT2D eigenvalue weighted by Crippen LogP contribution is -2.13. The van der Waals surface area contributed by atoms with Crippen LogP contribution in [0.5, 0.6) is 0 Å². The number of halogens is 3. The second-order valence-corrected chi connectivity index (χ2v) is 9.02. The molecule has 34 heavy (non-hydrogen) atoms. The van der Waals surface area contributed by atoms with Crippen LogP contribution >= 0.6 is 0 Å². The van der Waals surface area contributed by atoms with Gasteiger partial charge in [0.15, 0.2) is 0 Å². The molecular formula is C22H18F3N5O3S. The second-order valence-electron chi connectivity index (χ2n) is 7.34. The van der Waals surface area contributed by atoms with Gasteiger partial charge in [0.1, 0.15) is 12.1 Å². The third-order valence-corrected chi connectivity index (χ3v) is 6.34. The summed E-state index contributed by atoms with van der Waals surface area (Å²) in [5, 5.41) is 6.74. The maximum Gasteiger partial charge on any atom is 0.416 e. The van der Waals surface area contributed by atoms with Crippen LogP contribution in [0.15, 0.2) is 70.3 Å². The molecule has 12 heteroatoms. The molecule has 0 spiro atoms. The van der Waals surface area contributed by atoms with Crippen LogP contribution in [0.2, 0.25) is 0 Å². The summed E-state index contributed by atoms with van der Waals surface area (Å²) >= 11 is 0. The van der Waals surface area contributed by atoms with Crippen LogP contribution in [0.1, 0.15) is 16.8 Å². The Kier molecular flexibility index (Phi) is 6.00. The van der Waals surface area contributed by atoms with Gasteiger partial charge in [-0.2, -0.15) is 13.2 Å². The maximum atomic E-state index is 12.8. The molecule has 0 fully saturated rings. The van der Waals surface area contributed by atoms with Gasteiger partial charge in [-0.25, -0.2) is 23.1 Å². The van der Waals surface area contributed by atoms with E-state index in [-0.39, 0.29) is 10.8 Å².